The van der Waals surface area contributed by atoms with Crippen LogP contribution in [-0.2, 0) is 24.3 Å². The van der Waals surface area contributed by atoms with E-state index in [0.717, 1.165) is 4.31 Å². The van der Waals surface area contributed by atoms with Gasteiger partial charge in [0.2, 0.25) is 0 Å². The van der Waals surface area contributed by atoms with Crippen LogP contribution in [-0.4, -0.2) is 72.8 Å². The van der Waals surface area contributed by atoms with Crippen molar-refractivity contribution in [2.24, 2.45) is 0 Å². The number of carbonyl (C=O) groups excluding carboxylic acids is 2. The number of nitrogens with zero attached hydrogens (tertiary/aromatic N) is 2. The molecule has 0 saturated carbocycles. The van der Waals surface area contributed by atoms with Crippen LogP contribution in [0.2, 0.25) is 5.02 Å². The zero-order chi connectivity index (χ0) is 24.6. The minimum absolute atomic E-state index is 0.0531. The van der Waals surface area contributed by atoms with Crippen LogP contribution in [0.3, 0.4) is 0 Å². The molecule has 0 aromatic heterocycles. The van der Waals surface area contributed by atoms with Gasteiger partial charge in [0.05, 0.1) is 41.5 Å². The summed E-state index contributed by atoms with van der Waals surface area (Å²) in [6, 6.07) is 10.3. The molecule has 0 aliphatic rings. The van der Waals surface area contributed by atoms with Crippen molar-refractivity contribution in [2.45, 2.75) is 11.8 Å². The first-order valence-corrected chi connectivity index (χ1v) is 11.8. The molecule has 0 aliphatic carbocycles. The first-order chi connectivity index (χ1) is 15.6. The van der Waals surface area contributed by atoms with Crippen LogP contribution in [0.4, 0.5) is 5.69 Å². The van der Waals surface area contributed by atoms with Gasteiger partial charge in [0.15, 0.2) is 0 Å². The number of sulfonamides is 1. The van der Waals surface area contributed by atoms with Crippen LogP contribution in [0.5, 0.6) is 5.75 Å². The van der Waals surface area contributed by atoms with E-state index in [1.165, 1.54) is 44.4 Å². The lowest BCUT2D eigenvalue weighted by molar-refractivity contribution is -0.143. The molecule has 0 N–H and O–H groups in total. The zero-order valence-corrected chi connectivity index (χ0v) is 20.5. The van der Waals surface area contributed by atoms with Crippen molar-refractivity contribution < 1.29 is 32.2 Å². The van der Waals surface area contributed by atoms with E-state index in [1.54, 1.807) is 31.2 Å². The highest BCUT2D eigenvalue weighted by Gasteiger charge is 2.26. The molecule has 180 valence electrons. The maximum Gasteiger partial charge on any atom is 0.325 e. The molecule has 9 nitrogen and oxygen atoms in total. The van der Waals surface area contributed by atoms with E-state index in [1.807, 2.05) is 0 Å². The number of methoxy groups -OCH3 is 2. The van der Waals surface area contributed by atoms with Gasteiger partial charge in [-0.3, -0.25) is 13.9 Å². The molecule has 0 fully saturated rings. The van der Waals surface area contributed by atoms with Crippen LogP contribution in [0.25, 0.3) is 0 Å². The highest BCUT2D eigenvalue weighted by Crippen LogP contribution is 2.27. The number of halogens is 1. The normalized spacial score (nSPS) is 11.1. The van der Waals surface area contributed by atoms with Crippen LogP contribution >= 0.6 is 11.6 Å². The second-order valence-electron chi connectivity index (χ2n) is 6.84. The molecular formula is C22H27ClN2O7S. The first kappa shape index (κ1) is 26.4. The second kappa shape index (κ2) is 11.9. The Morgan fingerprint density at radius 2 is 1.73 bits per heavy atom. The fourth-order valence-electron chi connectivity index (χ4n) is 2.90. The number of esters is 1. The summed E-state index contributed by atoms with van der Waals surface area (Å²) in [5.74, 6) is -0.628. The fraction of sp³-hybridized carbons (Fsp3) is 0.364. The molecule has 2 rings (SSSR count). The maximum atomic E-state index is 13.2. The van der Waals surface area contributed by atoms with E-state index in [-0.39, 0.29) is 41.8 Å². The molecule has 33 heavy (non-hydrogen) atoms. The van der Waals surface area contributed by atoms with Crippen molar-refractivity contribution >= 4 is 39.2 Å². The molecule has 11 heteroatoms. The summed E-state index contributed by atoms with van der Waals surface area (Å²) < 4.78 is 42.6. The number of hydrogen-bond acceptors (Lipinski definition) is 7. The molecule has 0 heterocycles. The third-order valence-electron chi connectivity index (χ3n) is 4.74. The second-order valence-corrected chi connectivity index (χ2v) is 9.21. The van der Waals surface area contributed by atoms with Crippen LogP contribution in [0.1, 0.15) is 17.3 Å². The van der Waals surface area contributed by atoms with Gasteiger partial charge in [0, 0.05) is 20.7 Å². The van der Waals surface area contributed by atoms with E-state index >= 15 is 0 Å². The molecule has 2 aromatic carbocycles. The molecule has 0 bridgehead atoms. The summed E-state index contributed by atoms with van der Waals surface area (Å²) in [7, 11) is 0.364. The molecule has 0 aliphatic heterocycles. The van der Waals surface area contributed by atoms with Gasteiger partial charge in [-0.15, -0.1) is 0 Å². The minimum Gasteiger partial charge on any atom is -0.497 e. The molecule has 0 saturated heterocycles. The van der Waals surface area contributed by atoms with E-state index < -0.39 is 21.9 Å². The molecule has 2 aromatic rings. The standard InChI is InChI=1S/C22H27ClN2O7S/c1-5-32-21(26)15-25(12-13-30-3)22(27)19-14-18(10-11-20(19)23)33(28,29)24(2)16-6-8-17(31-4)9-7-16/h6-11,14H,5,12-13,15H2,1-4H3. The molecule has 1 amide bonds. The SMILES string of the molecule is CCOC(=O)CN(CCOC)C(=O)c1cc(S(=O)(=O)N(C)c2ccc(OC)cc2)ccc1Cl. The highest BCUT2D eigenvalue weighted by atomic mass is 35.5. The number of anilines is 1. The van der Waals surface area contributed by atoms with E-state index in [4.69, 9.17) is 25.8 Å². The Balaban J connectivity index is 2.38. The van der Waals surface area contributed by atoms with Gasteiger partial charge in [0.25, 0.3) is 15.9 Å². The Hall–Kier alpha value is -2.82. The average Bonchev–Trinajstić information content (AvgIpc) is 2.81. The van der Waals surface area contributed by atoms with Gasteiger partial charge in [0.1, 0.15) is 12.3 Å². The Bertz CT molecular complexity index is 1070. The van der Waals surface area contributed by atoms with Gasteiger partial charge in [-0.25, -0.2) is 8.42 Å². The van der Waals surface area contributed by atoms with Crippen molar-refractivity contribution in [1.29, 1.82) is 0 Å². The lowest BCUT2D eigenvalue weighted by Gasteiger charge is -2.23. The van der Waals surface area contributed by atoms with Gasteiger partial charge in [-0.2, -0.15) is 0 Å². The zero-order valence-electron chi connectivity index (χ0n) is 18.9. The summed E-state index contributed by atoms with van der Waals surface area (Å²) in [6.07, 6.45) is 0. The van der Waals surface area contributed by atoms with Crippen LogP contribution < -0.4 is 9.04 Å². The number of amides is 1. The van der Waals surface area contributed by atoms with Gasteiger partial charge >= 0.3 is 5.97 Å². The van der Waals surface area contributed by atoms with Crippen molar-refractivity contribution in [3.8, 4) is 5.75 Å². The molecule has 0 radical (unpaired) electrons. The summed E-state index contributed by atoms with van der Waals surface area (Å²) in [5.41, 5.74) is 0.351. The average molecular weight is 499 g/mol. The number of hydrogen-bond donors (Lipinski definition) is 0. The Kier molecular flexibility index (Phi) is 9.51. The van der Waals surface area contributed by atoms with E-state index in [9.17, 15) is 18.0 Å². The summed E-state index contributed by atoms with van der Waals surface area (Å²) in [4.78, 5) is 26.2. The van der Waals surface area contributed by atoms with Gasteiger partial charge in [-0.1, -0.05) is 11.6 Å². The number of rotatable bonds is 11. The topological polar surface area (TPSA) is 102 Å². The summed E-state index contributed by atoms with van der Waals surface area (Å²) in [6.45, 7) is 1.75. The van der Waals surface area contributed by atoms with Crippen molar-refractivity contribution in [1.82, 2.24) is 4.90 Å². The molecule has 0 atom stereocenters. The minimum atomic E-state index is -4.01. The van der Waals surface area contributed by atoms with Crippen LogP contribution in [0, 0.1) is 0 Å². The number of benzene rings is 2. The smallest absolute Gasteiger partial charge is 0.325 e. The molecule has 0 spiro atoms. The monoisotopic (exact) mass is 498 g/mol. The van der Waals surface area contributed by atoms with Gasteiger partial charge in [-0.05, 0) is 49.4 Å². The van der Waals surface area contributed by atoms with Crippen molar-refractivity contribution in [3.05, 3.63) is 53.1 Å². The molecular weight excluding hydrogens is 472 g/mol. The Labute approximate surface area is 198 Å². The largest absolute Gasteiger partial charge is 0.497 e. The summed E-state index contributed by atoms with van der Waals surface area (Å²) in [5, 5.41) is 0.0531. The summed E-state index contributed by atoms with van der Waals surface area (Å²) >= 11 is 6.23. The number of carbonyl (C=O) groups is 2. The first-order valence-electron chi connectivity index (χ1n) is 10.0. The lowest BCUT2D eigenvalue weighted by Crippen LogP contribution is -2.39. The fourth-order valence-corrected chi connectivity index (χ4v) is 4.33. The molecule has 0 unspecified atom stereocenters. The predicted molar refractivity (Wildman–Crippen MR) is 124 cm³/mol. The van der Waals surface area contributed by atoms with Crippen LogP contribution in [0.15, 0.2) is 47.4 Å². The third-order valence-corrected chi connectivity index (χ3v) is 6.85. The third kappa shape index (κ3) is 6.59. The predicted octanol–water partition coefficient (Wildman–Crippen LogP) is 2.83. The lowest BCUT2D eigenvalue weighted by atomic mass is 10.2. The van der Waals surface area contributed by atoms with Gasteiger partial charge < -0.3 is 19.1 Å². The van der Waals surface area contributed by atoms with E-state index in [2.05, 4.69) is 0 Å². The quantitative estimate of drug-likeness (QED) is 0.439. The Morgan fingerprint density at radius 3 is 2.30 bits per heavy atom. The van der Waals surface area contributed by atoms with E-state index in [0.29, 0.717) is 11.4 Å². The number of ether oxygens (including phenoxy) is 3. The van der Waals surface area contributed by atoms with Crippen molar-refractivity contribution in [2.75, 3.05) is 51.9 Å². The Morgan fingerprint density at radius 1 is 1.06 bits per heavy atom. The van der Waals surface area contributed by atoms with Crippen molar-refractivity contribution in [3.63, 3.8) is 0 Å². The highest BCUT2D eigenvalue weighted by molar-refractivity contribution is 7.92. The maximum absolute atomic E-state index is 13.2.